The van der Waals surface area contributed by atoms with Crippen molar-refractivity contribution in [2.45, 2.75) is 50.2 Å². The van der Waals surface area contributed by atoms with Crippen LogP contribution in [-0.4, -0.2) is 42.7 Å². The smallest absolute Gasteiger partial charge is 0.0687 e. The molecule has 4 nitrogen and oxygen atoms in total. The Morgan fingerprint density at radius 2 is 2.00 bits per heavy atom. The molecular weight excluding hydrogens is 294 g/mol. The van der Waals surface area contributed by atoms with E-state index in [-0.39, 0.29) is 0 Å². The van der Waals surface area contributed by atoms with Gasteiger partial charge < -0.3 is 15.8 Å². The summed E-state index contributed by atoms with van der Waals surface area (Å²) in [6.07, 6.45) is 4.10. The highest BCUT2D eigenvalue weighted by molar-refractivity contribution is 7.97. The van der Waals surface area contributed by atoms with Gasteiger partial charge in [0.25, 0.3) is 0 Å². The van der Waals surface area contributed by atoms with Crippen molar-refractivity contribution in [1.29, 1.82) is 0 Å². The number of nitrogens with one attached hydrogen (secondary N) is 1. The molecule has 0 aliphatic carbocycles. The lowest BCUT2D eigenvalue weighted by Crippen LogP contribution is -2.41. The van der Waals surface area contributed by atoms with Crippen LogP contribution in [0, 0.1) is 0 Å². The molecule has 0 radical (unpaired) electrons. The first-order valence-electron chi connectivity index (χ1n) is 8.29. The Bertz CT molecular complexity index is 434. The zero-order chi connectivity index (χ0) is 15.8. The highest BCUT2D eigenvalue weighted by atomic mass is 32.2. The number of nitrogens with zero attached hydrogens (tertiary/aromatic N) is 1. The van der Waals surface area contributed by atoms with Crippen LogP contribution in [0.3, 0.4) is 0 Å². The second kappa shape index (κ2) is 9.40. The molecule has 5 heteroatoms. The van der Waals surface area contributed by atoms with Gasteiger partial charge in [0.2, 0.25) is 0 Å². The van der Waals surface area contributed by atoms with Crippen LogP contribution in [0.5, 0.6) is 0 Å². The molecule has 1 aliphatic heterocycles. The maximum atomic E-state index is 5.79. The largest absolute Gasteiger partial charge is 0.385 e. The van der Waals surface area contributed by atoms with Crippen molar-refractivity contribution in [1.82, 2.24) is 4.31 Å². The van der Waals surface area contributed by atoms with Gasteiger partial charge >= 0.3 is 0 Å². The lowest BCUT2D eigenvalue weighted by Gasteiger charge is -2.34. The van der Waals surface area contributed by atoms with Crippen molar-refractivity contribution in [3.8, 4) is 0 Å². The molecule has 124 valence electrons. The molecule has 1 aromatic rings. The molecular formula is C17H29N3OS. The molecule has 0 spiro atoms. The highest BCUT2D eigenvalue weighted by Crippen LogP contribution is 2.28. The van der Waals surface area contributed by atoms with Gasteiger partial charge in [-0.25, -0.2) is 4.31 Å². The Kier molecular flexibility index (Phi) is 7.52. The predicted octanol–water partition coefficient (Wildman–Crippen LogP) is 3.34. The van der Waals surface area contributed by atoms with E-state index in [0.717, 1.165) is 32.6 Å². The van der Waals surface area contributed by atoms with Crippen molar-refractivity contribution in [2.24, 2.45) is 5.73 Å². The number of nitrogens with two attached hydrogens (primary N) is 1. The van der Waals surface area contributed by atoms with Crippen LogP contribution in [0.15, 0.2) is 29.2 Å². The normalized spacial score (nSPS) is 22.7. The standard InChI is InChI=1S/C17H29N3OS/c1-14-12-20(13-15(2)21-14)22-17-8-6-7-16(11-17)19-10-5-3-4-9-18/h6-8,11,14-15,19H,3-5,9-10,12-13,18H2,1-2H3. The second-order valence-electron chi connectivity index (χ2n) is 6.00. The lowest BCUT2D eigenvalue weighted by molar-refractivity contribution is -0.0414. The summed E-state index contributed by atoms with van der Waals surface area (Å²) in [5.41, 5.74) is 6.71. The van der Waals surface area contributed by atoms with Gasteiger partial charge in [0, 0.05) is 30.2 Å². The molecule has 3 N–H and O–H groups in total. The third-order valence-electron chi connectivity index (χ3n) is 3.66. The van der Waals surface area contributed by atoms with E-state index >= 15 is 0 Å². The van der Waals surface area contributed by atoms with Crippen molar-refractivity contribution in [2.75, 3.05) is 31.5 Å². The Balaban J connectivity index is 1.80. The Morgan fingerprint density at radius 3 is 2.73 bits per heavy atom. The van der Waals surface area contributed by atoms with Gasteiger partial charge in [-0.05, 0) is 63.4 Å². The van der Waals surface area contributed by atoms with Gasteiger partial charge in [0.15, 0.2) is 0 Å². The molecule has 2 atom stereocenters. The summed E-state index contributed by atoms with van der Waals surface area (Å²) >= 11 is 1.83. The zero-order valence-electron chi connectivity index (χ0n) is 13.8. The Labute approximate surface area is 138 Å². The fourth-order valence-electron chi connectivity index (χ4n) is 2.70. The van der Waals surface area contributed by atoms with Crippen molar-refractivity contribution < 1.29 is 4.74 Å². The van der Waals surface area contributed by atoms with Gasteiger partial charge in [-0.2, -0.15) is 0 Å². The summed E-state index contributed by atoms with van der Waals surface area (Å²) < 4.78 is 8.19. The van der Waals surface area contributed by atoms with E-state index in [2.05, 4.69) is 47.7 Å². The number of ether oxygens (including phenoxy) is 1. The van der Waals surface area contributed by atoms with Crippen molar-refractivity contribution in [3.05, 3.63) is 24.3 Å². The molecule has 0 bridgehead atoms. The van der Waals surface area contributed by atoms with Crippen molar-refractivity contribution >= 4 is 17.6 Å². The number of unbranched alkanes of at least 4 members (excludes halogenated alkanes) is 2. The van der Waals surface area contributed by atoms with Gasteiger partial charge in [-0.1, -0.05) is 12.5 Å². The van der Waals surface area contributed by atoms with E-state index in [9.17, 15) is 0 Å². The highest BCUT2D eigenvalue weighted by Gasteiger charge is 2.22. The minimum Gasteiger partial charge on any atom is -0.385 e. The van der Waals surface area contributed by atoms with Gasteiger partial charge in [0.1, 0.15) is 0 Å². The zero-order valence-corrected chi connectivity index (χ0v) is 14.6. The fourth-order valence-corrected chi connectivity index (χ4v) is 3.88. The van der Waals surface area contributed by atoms with Gasteiger partial charge in [-0.3, -0.25) is 0 Å². The quantitative estimate of drug-likeness (QED) is 0.567. The first-order valence-corrected chi connectivity index (χ1v) is 9.07. The molecule has 1 aromatic carbocycles. The van der Waals surface area contributed by atoms with Crippen LogP contribution < -0.4 is 11.1 Å². The van der Waals surface area contributed by atoms with Crippen molar-refractivity contribution in [3.63, 3.8) is 0 Å². The predicted molar refractivity (Wildman–Crippen MR) is 95.3 cm³/mol. The van der Waals surface area contributed by atoms with E-state index < -0.39 is 0 Å². The monoisotopic (exact) mass is 323 g/mol. The number of hydrogen-bond donors (Lipinski definition) is 2. The first kappa shape index (κ1) is 17.6. The minimum atomic E-state index is 0.306. The minimum absolute atomic E-state index is 0.306. The fraction of sp³-hybridized carbons (Fsp3) is 0.647. The Morgan fingerprint density at radius 1 is 1.23 bits per heavy atom. The van der Waals surface area contributed by atoms with Crippen LogP contribution in [0.2, 0.25) is 0 Å². The van der Waals surface area contributed by atoms with E-state index in [4.69, 9.17) is 10.5 Å². The molecule has 1 fully saturated rings. The molecule has 1 heterocycles. The van der Waals surface area contributed by atoms with Gasteiger partial charge in [-0.15, -0.1) is 0 Å². The molecule has 2 rings (SSSR count). The maximum Gasteiger partial charge on any atom is 0.0687 e. The number of benzene rings is 1. The van der Waals surface area contributed by atoms with E-state index in [1.807, 2.05) is 11.9 Å². The third kappa shape index (κ3) is 6.16. The van der Waals surface area contributed by atoms with Gasteiger partial charge in [0.05, 0.1) is 12.2 Å². The van der Waals surface area contributed by atoms with E-state index in [1.54, 1.807) is 0 Å². The molecule has 0 amide bonds. The second-order valence-corrected chi connectivity index (χ2v) is 7.17. The molecule has 0 aromatic heterocycles. The van der Waals surface area contributed by atoms with Crippen LogP contribution in [0.4, 0.5) is 5.69 Å². The van der Waals surface area contributed by atoms with Crippen LogP contribution >= 0.6 is 11.9 Å². The average Bonchev–Trinajstić information content (AvgIpc) is 2.46. The topological polar surface area (TPSA) is 50.5 Å². The Hall–Kier alpha value is -0.750. The molecule has 22 heavy (non-hydrogen) atoms. The van der Waals surface area contributed by atoms with Crippen LogP contribution in [0.25, 0.3) is 0 Å². The summed E-state index contributed by atoms with van der Waals surface area (Å²) in [6.45, 7) is 8.05. The molecule has 0 saturated carbocycles. The summed E-state index contributed by atoms with van der Waals surface area (Å²) in [4.78, 5) is 1.29. The molecule has 1 aliphatic rings. The summed E-state index contributed by atoms with van der Waals surface area (Å²) in [7, 11) is 0. The lowest BCUT2D eigenvalue weighted by atomic mass is 10.2. The molecule has 2 unspecified atom stereocenters. The third-order valence-corrected chi connectivity index (χ3v) is 4.69. The first-order chi connectivity index (χ1) is 10.7. The maximum absolute atomic E-state index is 5.79. The number of hydrogen-bond acceptors (Lipinski definition) is 5. The number of anilines is 1. The molecule has 1 saturated heterocycles. The summed E-state index contributed by atoms with van der Waals surface area (Å²) in [5, 5.41) is 3.50. The summed E-state index contributed by atoms with van der Waals surface area (Å²) in [6, 6.07) is 8.67. The average molecular weight is 324 g/mol. The number of morpholine rings is 1. The van der Waals surface area contributed by atoms with Crippen LogP contribution in [0.1, 0.15) is 33.1 Å². The number of rotatable bonds is 8. The SMILES string of the molecule is CC1CN(Sc2cccc(NCCCCCN)c2)CC(C)O1. The summed E-state index contributed by atoms with van der Waals surface area (Å²) in [5.74, 6) is 0. The van der Waals surface area contributed by atoms with Crippen LogP contribution in [-0.2, 0) is 4.74 Å². The van der Waals surface area contributed by atoms with E-state index in [1.165, 1.54) is 23.4 Å². The van der Waals surface area contributed by atoms with E-state index in [0.29, 0.717) is 12.2 Å².